The van der Waals surface area contributed by atoms with E-state index in [4.69, 9.17) is 4.98 Å². The van der Waals surface area contributed by atoms with Crippen molar-refractivity contribution in [2.75, 3.05) is 0 Å². The standard InChI is InChI=1S/C57H36N4/c1-4-16-37(17-5-1)55-56(38-18-6-2-7-19-38)61-54-35-40(29-33-53(54)60(57(61)58-55)41-20-8-3-9-21-41)39-28-32-52-50(34-39)48-26-14-15-27-51(48)59(52)42-30-31-47-45-24-11-10-22-43(45)44-23-12-13-25-46(44)49(47)36-42/h1-36H. The van der Waals surface area contributed by atoms with Gasteiger partial charge in [0, 0.05) is 33.3 Å². The molecule has 0 radical (unpaired) electrons. The van der Waals surface area contributed by atoms with Crippen LogP contribution in [0.5, 0.6) is 0 Å². The van der Waals surface area contributed by atoms with Crippen molar-refractivity contribution in [3.63, 3.8) is 0 Å². The lowest BCUT2D eigenvalue weighted by atomic mass is 9.94. The maximum Gasteiger partial charge on any atom is 0.220 e. The predicted molar refractivity (Wildman–Crippen MR) is 255 cm³/mol. The molecule has 0 atom stereocenters. The third kappa shape index (κ3) is 5.03. The number of hydrogen-bond acceptors (Lipinski definition) is 1. The molecule has 0 amide bonds. The van der Waals surface area contributed by atoms with Crippen LogP contribution in [-0.2, 0) is 0 Å². The van der Waals surface area contributed by atoms with Gasteiger partial charge >= 0.3 is 0 Å². The first-order chi connectivity index (χ1) is 30.3. The van der Waals surface area contributed by atoms with E-state index >= 15 is 0 Å². The Bertz CT molecular complexity index is 3820. The van der Waals surface area contributed by atoms with E-state index in [1.165, 1.54) is 59.7 Å². The van der Waals surface area contributed by atoms with Crippen molar-refractivity contribution < 1.29 is 0 Å². The van der Waals surface area contributed by atoms with Crippen LogP contribution < -0.4 is 0 Å². The quantitative estimate of drug-likeness (QED) is 0.160. The Kier molecular flexibility index (Phi) is 7.27. The van der Waals surface area contributed by atoms with Gasteiger partial charge in [0.25, 0.3) is 0 Å². The van der Waals surface area contributed by atoms with Gasteiger partial charge in [-0.2, -0.15) is 0 Å². The van der Waals surface area contributed by atoms with Gasteiger partial charge in [0.2, 0.25) is 5.78 Å². The second-order valence-electron chi connectivity index (χ2n) is 16.0. The molecule has 61 heavy (non-hydrogen) atoms. The fourth-order valence-corrected chi connectivity index (χ4v) is 9.92. The van der Waals surface area contributed by atoms with E-state index in [1.807, 2.05) is 0 Å². The third-order valence-corrected chi connectivity index (χ3v) is 12.6. The Morgan fingerprint density at radius 2 is 0.803 bits per heavy atom. The van der Waals surface area contributed by atoms with E-state index in [2.05, 4.69) is 232 Å². The summed E-state index contributed by atoms with van der Waals surface area (Å²) in [5, 5.41) is 10.1. The predicted octanol–water partition coefficient (Wildman–Crippen LogP) is 14.8. The normalized spacial score (nSPS) is 11.9. The van der Waals surface area contributed by atoms with Crippen LogP contribution in [0, 0.1) is 0 Å². The number of benzene rings is 10. The number of hydrogen-bond donors (Lipinski definition) is 0. The lowest BCUT2D eigenvalue weighted by molar-refractivity contribution is 1.10. The van der Waals surface area contributed by atoms with Crippen molar-refractivity contribution in [1.82, 2.24) is 18.5 Å². The maximum absolute atomic E-state index is 5.46. The smallest absolute Gasteiger partial charge is 0.220 e. The monoisotopic (exact) mass is 776 g/mol. The van der Waals surface area contributed by atoms with Gasteiger partial charge in [-0.15, -0.1) is 0 Å². The SMILES string of the molecule is c1ccc(-c2nc3n(-c4ccccc4)c4ccc(-c5ccc6c(c5)c5ccccc5n6-c5ccc6c7ccccc7c7ccccc7c6c5)cc4n3c2-c2ccccc2)cc1. The zero-order chi connectivity index (χ0) is 40.0. The van der Waals surface area contributed by atoms with Crippen LogP contribution in [0.25, 0.3) is 116 Å². The molecule has 3 aromatic heterocycles. The molecular weight excluding hydrogens is 741 g/mol. The van der Waals surface area contributed by atoms with Crippen LogP contribution in [-0.4, -0.2) is 18.5 Å². The molecule has 13 rings (SSSR count). The lowest BCUT2D eigenvalue weighted by Crippen LogP contribution is -1.95. The molecule has 284 valence electrons. The summed E-state index contributed by atoms with van der Waals surface area (Å²) in [4.78, 5) is 5.46. The molecule has 0 aliphatic rings. The zero-order valence-electron chi connectivity index (χ0n) is 33.1. The average molecular weight is 777 g/mol. The van der Waals surface area contributed by atoms with Crippen molar-refractivity contribution in [3.8, 4) is 45.0 Å². The van der Waals surface area contributed by atoms with E-state index in [0.717, 1.165) is 56.3 Å². The molecule has 0 fully saturated rings. The summed E-state index contributed by atoms with van der Waals surface area (Å²) in [5.41, 5.74) is 13.4. The number of aromatic nitrogens is 4. The summed E-state index contributed by atoms with van der Waals surface area (Å²) in [6.07, 6.45) is 0. The summed E-state index contributed by atoms with van der Waals surface area (Å²) in [6, 6.07) is 79.1. The Morgan fingerprint density at radius 3 is 1.49 bits per heavy atom. The van der Waals surface area contributed by atoms with Crippen LogP contribution in [0.4, 0.5) is 0 Å². The third-order valence-electron chi connectivity index (χ3n) is 12.6. The minimum Gasteiger partial charge on any atom is -0.309 e. The van der Waals surface area contributed by atoms with Crippen LogP contribution in [0.3, 0.4) is 0 Å². The Morgan fingerprint density at radius 1 is 0.279 bits per heavy atom. The summed E-state index contributed by atoms with van der Waals surface area (Å²) in [5.74, 6) is 0.880. The van der Waals surface area contributed by atoms with Gasteiger partial charge in [0.1, 0.15) is 0 Å². The molecule has 13 aromatic rings. The molecule has 4 heteroatoms. The molecule has 10 aromatic carbocycles. The van der Waals surface area contributed by atoms with E-state index in [9.17, 15) is 0 Å². The highest BCUT2D eigenvalue weighted by Crippen LogP contribution is 2.42. The molecule has 0 N–H and O–H groups in total. The van der Waals surface area contributed by atoms with Gasteiger partial charge in [0.05, 0.1) is 33.5 Å². The van der Waals surface area contributed by atoms with Crippen LogP contribution in [0.15, 0.2) is 218 Å². The molecular formula is C57H36N4. The van der Waals surface area contributed by atoms with Gasteiger partial charge in [-0.1, -0.05) is 164 Å². The molecule has 4 nitrogen and oxygen atoms in total. The molecule has 0 aliphatic carbocycles. The van der Waals surface area contributed by atoms with E-state index < -0.39 is 0 Å². The van der Waals surface area contributed by atoms with Crippen molar-refractivity contribution in [1.29, 1.82) is 0 Å². The number of rotatable bonds is 5. The van der Waals surface area contributed by atoms with Crippen molar-refractivity contribution in [3.05, 3.63) is 218 Å². The molecule has 0 aliphatic heterocycles. The zero-order valence-corrected chi connectivity index (χ0v) is 33.1. The van der Waals surface area contributed by atoms with Gasteiger partial charge < -0.3 is 4.57 Å². The minimum atomic E-state index is 0.880. The van der Waals surface area contributed by atoms with Crippen LogP contribution in [0.2, 0.25) is 0 Å². The van der Waals surface area contributed by atoms with E-state index in [0.29, 0.717) is 0 Å². The fourth-order valence-electron chi connectivity index (χ4n) is 9.92. The van der Waals surface area contributed by atoms with Gasteiger partial charge in [0.15, 0.2) is 0 Å². The molecule has 3 heterocycles. The van der Waals surface area contributed by atoms with Crippen molar-refractivity contribution >= 4 is 70.9 Å². The number of para-hydroxylation sites is 2. The Balaban J connectivity index is 1.04. The summed E-state index contributed by atoms with van der Waals surface area (Å²) in [6.45, 7) is 0. The molecule has 0 bridgehead atoms. The van der Waals surface area contributed by atoms with Crippen molar-refractivity contribution in [2.45, 2.75) is 0 Å². The highest BCUT2D eigenvalue weighted by Gasteiger charge is 2.24. The van der Waals surface area contributed by atoms with Crippen LogP contribution in [0.1, 0.15) is 0 Å². The van der Waals surface area contributed by atoms with E-state index in [-0.39, 0.29) is 0 Å². The summed E-state index contributed by atoms with van der Waals surface area (Å²) < 4.78 is 7.10. The van der Waals surface area contributed by atoms with Gasteiger partial charge in [-0.3, -0.25) is 8.97 Å². The van der Waals surface area contributed by atoms with Crippen LogP contribution >= 0.6 is 0 Å². The summed E-state index contributed by atoms with van der Waals surface area (Å²) in [7, 11) is 0. The number of fused-ring (bicyclic) bond motifs is 12. The fraction of sp³-hybridized carbons (Fsp3) is 0. The van der Waals surface area contributed by atoms with E-state index in [1.54, 1.807) is 0 Å². The largest absolute Gasteiger partial charge is 0.309 e. The Hall–Kier alpha value is -8.21. The number of nitrogens with zero attached hydrogens (tertiary/aromatic N) is 4. The first-order valence-corrected chi connectivity index (χ1v) is 20.9. The molecule has 0 unspecified atom stereocenters. The minimum absolute atomic E-state index is 0.880. The lowest BCUT2D eigenvalue weighted by Gasteiger charge is -2.14. The second kappa shape index (κ2) is 13.2. The molecule has 0 saturated carbocycles. The Labute approximate surface area is 351 Å². The average Bonchev–Trinajstić information content (AvgIpc) is 3.99. The summed E-state index contributed by atoms with van der Waals surface area (Å²) >= 11 is 0. The topological polar surface area (TPSA) is 27.2 Å². The highest BCUT2D eigenvalue weighted by molar-refractivity contribution is 6.25. The highest BCUT2D eigenvalue weighted by atomic mass is 15.2. The van der Waals surface area contributed by atoms with Gasteiger partial charge in [-0.05, 0) is 98.0 Å². The second-order valence-corrected chi connectivity index (χ2v) is 16.0. The number of imidazole rings is 2. The first kappa shape index (κ1) is 33.7. The molecule has 0 spiro atoms. The molecule has 0 saturated heterocycles. The maximum atomic E-state index is 5.46. The van der Waals surface area contributed by atoms with Crippen molar-refractivity contribution in [2.24, 2.45) is 0 Å². The first-order valence-electron chi connectivity index (χ1n) is 20.9. The van der Waals surface area contributed by atoms with Gasteiger partial charge in [-0.25, -0.2) is 4.98 Å².